The van der Waals surface area contributed by atoms with Crippen molar-refractivity contribution >= 4 is 33.3 Å². The van der Waals surface area contributed by atoms with Gasteiger partial charge in [0.05, 0.1) is 16.1 Å². The van der Waals surface area contributed by atoms with Crippen LogP contribution >= 0.6 is 11.6 Å². The first-order valence-corrected chi connectivity index (χ1v) is 10.4. The van der Waals surface area contributed by atoms with Crippen LogP contribution in [0.3, 0.4) is 0 Å². The van der Waals surface area contributed by atoms with Gasteiger partial charge in [0.2, 0.25) is 0 Å². The van der Waals surface area contributed by atoms with E-state index < -0.39 is 28.2 Å². The topological polar surface area (TPSA) is 74.7 Å². The van der Waals surface area contributed by atoms with E-state index in [4.69, 9.17) is 16.7 Å². The van der Waals surface area contributed by atoms with Crippen molar-refractivity contribution in [1.82, 2.24) is 0 Å². The summed E-state index contributed by atoms with van der Waals surface area (Å²) < 4.78 is 41.5. The van der Waals surface area contributed by atoms with Crippen molar-refractivity contribution in [2.75, 3.05) is 4.31 Å². The zero-order valence-electron chi connectivity index (χ0n) is 14.4. The molecule has 0 saturated heterocycles. The monoisotopic (exact) mass is 411 g/mol. The fraction of sp³-hybridized carbons (Fsp3) is 0.316. The predicted octanol–water partition coefficient (Wildman–Crippen LogP) is 4.51. The average molecular weight is 412 g/mol. The number of hydrogen-bond acceptors (Lipinski definition) is 3. The summed E-state index contributed by atoms with van der Waals surface area (Å²) in [6.45, 7) is 0. The zero-order valence-corrected chi connectivity index (χ0v) is 16.0. The Hall–Kier alpha value is -2.12. The fourth-order valence-electron chi connectivity index (χ4n) is 3.29. The van der Waals surface area contributed by atoms with Crippen molar-refractivity contribution in [1.29, 1.82) is 0 Å². The van der Waals surface area contributed by atoms with Gasteiger partial charge in [-0.1, -0.05) is 11.6 Å². The highest BCUT2D eigenvalue weighted by atomic mass is 35.5. The van der Waals surface area contributed by atoms with E-state index in [1.807, 2.05) is 0 Å². The molecule has 1 aliphatic rings. The minimum absolute atomic E-state index is 0.0649. The Kier molecular flexibility index (Phi) is 5.72. The highest BCUT2D eigenvalue weighted by molar-refractivity contribution is 7.92. The number of hydrogen-bond donors (Lipinski definition) is 1. The number of anilines is 1. The molecule has 0 aromatic heterocycles. The highest BCUT2D eigenvalue weighted by Crippen LogP contribution is 2.34. The molecule has 1 N–H and O–H groups in total. The third-order valence-corrected chi connectivity index (χ3v) is 6.84. The van der Waals surface area contributed by atoms with Gasteiger partial charge in [0.15, 0.2) is 0 Å². The van der Waals surface area contributed by atoms with Gasteiger partial charge in [-0.3, -0.25) is 4.31 Å². The summed E-state index contributed by atoms with van der Waals surface area (Å²) in [6.07, 6.45) is 0.467. The molecule has 2 aromatic carbocycles. The van der Waals surface area contributed by atoms with Crippen LogP contribution in [0.1, 0.15) is 36.0 Å². The van der Waals surface area contributed by atoms with E-state index in [0.29, 0.717) is 36.4 Å². The average Bonchev–Trinajstić information content (AvgIpc) is 2.64. The first-order chi connectivity index (χ1) is 12.8. The molecule has 8 heteroatoms. The summed E-state index contributed by atoms with van der Waals surface area (Å²) in [5.41, 5.74) is 0.423. The van der Waals surface area contributed by atoms with Crippen LogP contribution in [-0.4, -0.2) is 31.7 Å². The Morgan fingerprint density at radius 3 is 2.07 bits per heavy atom. The zero-order chi connectivity index (χ0) is 19.6. The number of halogens is 2. The third kappa shape index (κ3) is 4.25. The second-order valence-corrected chi connectivity index (χ2v) is 8.76. The summed E-state index contributed by atoms with van der Waals surface area (Å²) in [6, 6.07) is 11.1. The minimum atomic E-state index is -3.92. The predicted molar refractivity (Wildman–Crippen MR) is 102 cm³/mol. The maximum absolute atomic E-state index is 13.6. The number of alkyl halides is 1. The molecule has 3 rings (SSSR count). The van der Waals surface area contributed by atoms with E-state index in [1.165, 1.54) is 52.8 Å². The van der Waals surface area contributed by atoms with Crippen LogP contribution in [-0.2, 0) is 10.0 Å². The van der Waals surface area contributed by atoms with Crippen molar-refractivity contribution < 1.29 is 22.7 Å². The van der Waals surface area contributed by atoms with Crippen LogP contribution in [0.2, 0.25) is 5.02 Å². The smallest absolute Gasteiger partial charge is 0.335 e. The SMILES string of the molecule is O=C(O)c1ccc(N(C2CCC(F)CC2)S(=O)(=O)c2ccc(Cl)cc2)cc1. The quantitative estimate of drug-likeness (QED) is 0.785. The van der Waals surface area contributed by atoms with Crippen molar-refractivity contribution in [2.45, 2.75) is 42.8 Å². The Labute approximate surface area is 162 Å². The number of benzene rings is 2. The molecule has 144 valence electrons. The molecule has 2 aromatic rings. The van der Waals surface area contributed by atoms with Crippen LogP contribution < -0.4 is 4.31 Å². The largest absolute Gasteiger partial charge is 0.478 e. The molecule has 1 aliphatic carbocycles. The van der Waals surface area contributed by atoms with Crippen molar-refractivity contribution in [3.8, 4) is 0 Å². The molecule has 1 saturated carbocycles. The lowest BCUT2D eigenvalue weighted by Crippen LogP contribution is -2.42. The Balaban J connectivity index is 2.04. The van der Waals surface area contributed by atoms with Crippen LogP contribution in [0.25, 0.3) is 0 Å². The van der Waals surface area contributed by atoms with Crippen LogP contribution in [0, 0.1) is 0 Å². The summed E-state index contributed by atoms with van der Waals surface area (Å²) in [7, 11) is -3.92. The van der Waals surface area contributed by atoms with Gasteiger partial charge in [-0.2, -0.15) is 0 Å². The van der Waals surface area contributed by atoms with Gasteiger partial charge >= 0.3 is 5.97 Å². The lowest BCUT2D eigenvalue weighted by atomic mass is 9.94. The number of sulfonamides is 1. The minimum Gasteiger partial charge on any atom is -0.478 e. The summed E-state index contributed by atoms with van der Waals surface area (Å²) in [4.78, 5) is 11.2. The number of rotatable bonds is 5. The summed E-state index contributed by atoms with van der Waals surface area (Å²) in [5, 5.41) is 9.49. The Morgan fingerprint density at radius 1 is 1.00 bits per heavy atom. The fourth-order valence-corrected chi connectivity index (χ4v) is 5.12. The van der Waals surface area contributed by atoms with Gasteiger partial charge in [0.25, 0.3) is 10.0 Å². The lowest BCUT2D eigenvalue weighted by Gasteiger charge is -2.36. The number of carboxylic acids is 1. The Morgan fingerprint density at radius 2 is 1.56 bits per heavy atom. The maximum atomic E-state index is 13.6. The number of carboxylic acid groups (broad SMARTS) is 1. The maximum Gasteiger partial charge on any atom is 0.335 e. The number of nitrogens with zero attached hydrogens (tertiary/aromatic N) is 1. The van der Waals surface area contributed by atoms with Gasteiger partial charge in [0.1, 0.15) is 6.17 Å². The second-order valence-electron chi connectivity index (χ2n) is 6.51. The van der Waals surface area contributed by atoms with Gasteiger partial charge in [-0.15, -0.1) is 0 Å². The molecule has 0 unspecified atom stereocenters. The Bertz CT molecular complexity index is 908. The molecule has 0 amide bonds. The molecule has 0 heterocycles. The van der Waals surface area contributed by atoms with E-state index in [1.54, 1.807) is 0 Å². The van der Waals surface area contributed by atoms with Crippen LogP contribution in [0.15, 0.2) is 53.4 Å². The van der Waals surface area contributed by atoms with Crippen molar-refractivity contribution in [3.05, 3.63) is 59.1 Å². The number of carbonyl (C=O) groups is 1. The molecule has 0 atom stereocenters. The van der Waals surface area contributed by atoms with Gasteiger partial charge in [-0.25, -0.2) is 17.6 Å². The van der Waals surface area contributed by atoms with Crippen molar-refractivity contribution in [3.63, 3.8) is 0 Å². The van der Waals surface area contributed by atoms with E-state index in [-0.39, 0.29) is 10.5 Å². The molecular weight excluding hydrogens is 393 g/mol. The van der Waals surface area contributed by atoms with Gasteiger partial charge < -0.3 is 5.11 Å². The van der Waals surface area contributed by atoms with E-state index in [9.17, 15) is 17.6 Å². The summed E-state index contributed by atoms with van der Waals surface area (Å²) >= 11 is 5.86. The van der Waals surface area contributed by atoms with E-state index >= 15 is 0 Å². The third-order valence-electron chi connectivity index (χ3n) is 4.70. The van der Waals surface area contributed by atoms with Crippen LogP contribution in [0.4, 0.5) is 10.1 Å². The van der Waals surface area contributed by atoms with Gasteiger partial charge in [0, 0.05) is 11.1 Å². The first kappa shape index (κ1) is 19.6. The summed E-state index contributed by atoms with van der Waals surface area (Å²) in [5.74, 6) is -1.09. The molecule has 27 heavy (non-hydrogen) atoms. The second kappa shape index (κ2) is 7.86. The number of aromatic carboxylic acids is 1. The highest BCUT2D eigenvalue weighted by Gasteiger charge is 2.34. The lowest BCUT2D eigenvalue weighted by molar-refractivity contribution is 0.0697. The molecule has 0 spiro atoms. The molecule has 0 radical (unpaired) electrons. The van der Waals surface area contributed by atoms with Gasteiger partial charge in [-0.05, 0) is 74.2 Å². The first-order valence-electron chi connectivity index (χ1n) is 8.56. The molecule has 0 aliphatic heterocycles. The standard InChI is InChI=1S/C19H19ClFNO4S/c20-14-3-11-18(12-4-14)27(25,26)22(17-9-5-15(21)6-10-17)16-7-1-13(2-8-16)19(23)24/h1-4,7-8,11-12,15,17H,5-6,9-10H2,(H,23,24). The molecular formula is C19H19ClFNO4S. The van der Waals surface area contributed by atoms with Crippen molar-refractivity contribution in [2.24, 2.45) is 0 Å². The van der Waals surface area contributed by atoms with Crippen LogP contribution in [0.5, 0.6) is 0 Å². The molecule has 1 fully saturated rings. The molecule has 0 bridgehead atoms. The normalized spacial score (nSPS) is 20.2. The van der Waals surface area contributed by atoms with E-state index in [2.05, 4.69) is 0 Å². The van der Waals surface area contributed by atoms with E-state index in [0.717, 1.165) is 0 Å². The molecule has 5 nitrogen and oxygen atoms in total.